The Bertz CT molecular complexity index is 215. The van der Waals surface area contributed by atoms with Crippen LogP contribution in [0.4, 0.5) is 0 Å². The zero-order valence-corrected chi connectivity index (χ0v) is 7.51. The molecule has 1 heteroatoms. The average Bonchev–Trinajstić information content (AvgIpc) is 2.14. The SMILES string of the molecule is CCCCC#C[C]1C=CCN=C1. The molecule has 0 saturated heterocycles. The van der Waals surface area contributed by atoms with E-state index < -0.39 is 0 Å². The Morgan fingerprint density at radius 2 is 2.50 bits per heavy atom. The molecule has 0 unspecified atom stereocenters. The van der Waals surface area contributed by atoms with E-state index in [1.54, 1.807) is 0 Å². The van der Waals surface area contributed by atoms with Crippen LogP contribution >= 0.6 is 0 Å². The molecule has 63 valence electrons. The van der Waals surface area contributed by atoms with Crippen LogP contribution in [0.25, 0.3) is 0 Å². The second-order valence-corrected chi connectivity index (χ2v) is 2.76. The third-order valence-electron chi connectivity index (χ3n) is 1.63. The highest BCUT2D eigenvalue weighted by atomic mass is 14.7. The number of rotatable bonds is 2. The topological polar surface area (TPSA) is 12.4 Å². The van der Waals surface area contributed by atoms with E-state index in [4.69, 9.17) is 0 Å². The summed E-state index contributed by atoms with van der Waals surface area (Å²) in [5.74, 6) is 7.25. The normalized spacial score (nSPS) is 15.8. The standard InChI is InChI=1S/C11H14N/c1-2-3-4-5-7-11-8-6-9-12-10-11/h6,8,10H,2-4,9H2,1H3. The highest BCUT2D eigenvalue weighted by Crippen LogP contribution is 2.01. The van der Waals surface area contributed by atoms with Crippen LogP contribution in [0.3, 0.4) is 0 Å². The molecule has 0 atom stereocenters. The molecule has 0 aromatic rings. The maximum Gasteiger partial charge on any atom is 0.109 e. The van der Waals surface area contributed by atoms with Crippen molar-refractivity contribution in [3.05, 3.63) is 18.1 Å². The highest BCUT2D eigenvalue weighted by molar-refractivity contribution is 5.84. The molecule has 0 aliphatic carbocycles. The largest absolute Gasteiger partial charge is 0.291 e. The lowest BCUT2D eigenvalue weighted by Crippen LogP contribution is -1.96. The first-order chi connectivity index (χ1) is 5.93. The summed E-state index contributed by atoms with van der Waals surface area (Å²) in [5.41, 5.74) is 0. The first kappa shape index (κ1) is 9.06. The van der Waals surface area contributed by atoms with Gasteiger partial charge >= 0.3 is 0 Å². The van der Waals surface area contributed by atoms with E-state index in [0.29, 0.717) is 0 Å². The maximum atomic E-state index is 4.11. The van der Waals surface area contributed by atoms with Crippen molar-refractivity contribution in [2.24, 2.45) is 4.99 Å². The summed E-state index contributed by atoms with van der Waals surface area (Å²) < 4.78 is 0. The molecule has 0 saturated carbocycles. The second-order valence-electron chi connectivity index (χ2n) is 2.76. The summed E-state index contributed by atoms with van der Waals surface area (Å²) in [6.07, 6.45) is 9.32. The van der Waals surface area contributed by atoms with Gasteiger partial charge in [-0.05, 0) is 6.42 Å². The van der Waals surface area contributed by atoms with Crippen molar-refractivity contribution < 1.29 is 0 Å². The fourth-order valence-electron chi connectivity index (χ4n) is 0.938. The van der Waals surface area contributed by atoms with Gasteiger partial charge in [0.05, 0.1) is 6.54 Å². The summed E-state index contributed by atoms with van der Waals surface area (Å²) >= 11 is 0. The molecule has 1 aliphatic heterocycles. The number of unbranched alkanes of at least 4 members (excludes halogenated alkanes) is 2. The third-order valence-corrected chi connectivity index (χ3v) is 1.63. The van der Waals surface area contributed by atoms with Crippen molar-refractivity contribution in [2.75, 3.05) is 6.54 Å². The summed E-state index contributed by atoms with van der Waals surface area (Å²) in [5, 5.41) is 0. The highest BCUT2D eigenvalue weighted by Gasteiger charge is 1.98. The van der Waals surface area contributed by atoms with Gasteiger partial charge in [-0.15, -0.1) is 5.92 Å². The molecule has 0 N–H and O–H groups in total. The lowest BCUT2D eigenvalue weighted by atomic mass is 10.1. The minimum absolute atomic E-state index is 0.806. The Balaban J connectivity index is 2.27. The van der Waals surface area contributed by atoms with E-state index in [2.05, 4.69) is 23.8 Å². The third kappa shape index (κ3) is 3.39. The van der Waals surface area contributed by atoms with Crippen molar-refractivity contribution in [3.63, 3.8) is 0 Å². The number of hydrogen-bond acceptors (Lipinski definition) is 1. The van der Waals surface area contributed by atoms with E-state index in [-0.39, 0.29) is 0 Å². The number of hydrogen-bond donors (Lipinski definition) is 0. The van der Waals surface area contributed by atoms with Crippen LogP contribution in [-0.2, 0) is 0 Å². The van der Waals surface area contributed by atoms with Gasteiger partial charge in [-0.2, -0.15) is 0 Å². The molecular weight excluding hydrogens is 146 g/mol. The monoisotopic (exact) mass is 160 g/mol. The number of dihydropyridines is 1. The summed E-state index contributed by atoms with van der Waals surface area (Å²) in [4.78, 5) is 4.11. The molecule has 0 bridgehead atoms. The molecule has 12 heavy (non-hydrogen) atoms. The van der Waals surface area contributed by atoms with Gasteiger partial charge in [-0.25, -0.2) is 0 Å². The van der Waals surface area contributed by atoms with E-state index in [9.17, 15) is 0 Å². The number of aliphatic imine (C=N–C) groups is 1. The van der Waals surface area contributed by atoms with Crippen molar-refractivity contribution in [1.29, 1.82) is 0 Å². The van der Waals surface area contributed by atoms with Gasteiger partial charge in [0.25, 0.3) is 0 Å². The fourth-order valence-corrected chi connectivity index (χ4v) is 0.938. The van der Waals surface area contributed by atoms with Crippen molar-refractivity contribution >= 4 is 6.21 Å². The summed E-state index contributed by atoms with van der Waals surface area (Å²) in [6.45, 7) is 2.98. The average molecular weight is 160 g/mol. The smallest absolute Gasteiger partial charge is 0.109 e. The minimum Gasteiger partial charge on any atom is -0.291 e. The van der Waals surface area contributed by atoms with Crippen LogP contribution in [0, 0.1) is 17.8 Å². The van der Waals surface area contributed by atoms with Crippen molar-refractivity contribution in [2.45, 2.75) is 26.2 Å². The number of allylic oxidation sites excluding steroid dienone is 1. The molecular formula is C11H14N. The van der Waals surface area contributed by atoms with Crippen molar-refractivity contribution in [1.82, 2.24) is 0 Å². The summed E-state index contributed by atoms with van der Waals surface area (Å²) in [6, 6.07) is 0. The Morgan fingerprint density at radius 1 is 1.58 bits per heavy atom. The van der Waals surface area contributed by atoms with E-state index >= 15 is 0 Å². The molecule has 1 heterocycles. The van der Waals surface area contributed by atoms with E-state index in [1.165, 1.54) is 12.8 Å². The Labute approximate surface area is 74.6 Å². The van der Waals surface area contributed by atoms with Crippen LogP contribution < -0.4 is 0 Å². The Morgan fingerprint density at radius 3 is 3.17 bits per heavy atom. The van der Waals surface area contributed by atoms with Crippen LogP contribution in [-0.4, -0.2) is 12.8 Å². The van der Waals surface area contributed by atoms with Gasteiger partial charge in [-0.1, -0.05) is 31.4 Å². The second kappa shape index (κ2) is 5.60. The molecule has 0 fully saturated rings. The van der Waals surface area contributed by atoms with Gasteiger partial charge in [0.2, 0.25) is 0 Å². The lowest BCUT2D eigenvalue weighted by molar-refractivity contribution is 0.828. The first-order valence-corrected chi connectivity index (χ1v) is 4.45. The van der Waals surface area contributed by atoms with Crippen LogP contribution in [0.1, 0.15) is 26.2 Å². The Kier molecular flexibility index (Phi) is 4.23. The van der Waals surface area contributed by atoms with E-state index in [0.717, 1.165) is 18.9 Å². The zero-order valence-electron chi connectivity index (χ0n) is 7.51. The van der Waals surface area contributed by atoms with Crippen molar-refractivity contribution in [3.8, 4) is 11.8 Å². The minimum atomic E-state index is 0.806. The maximum absolute atomic E-state index is 4.11. The molecule has 1 radical (unpaired) electrons. The van der Waals surface area contributed by atoms with Gasteiger partial charge in [-0.3, -0.25) is 4.99 Å². The van der Waals surface area contributed by atoms with Crippen LogP contribution in [0.5, 0.6) is 0 Å². The number of nitrogens with zero attached hydrogens (tertiary/aromatic N) is 1. The van der Waals surface area contributed by atoms with Gasteiger partial charge < -0.3 is 0 Å². The fraction of sp³-hybridized carbons (Fsp3) is 0.455. The van der Waals surface area contributed by atoms with Gasteiger partial charge in [0.15, 0.2) is 0 Å². The molecule has 0 aromatic heterocycles. The predicted molar refractivity (Wildman–Crippen MR) is 53.0 cm³/mol. The quantitative estimate of drug-likeness (QED) is 0.434. The first-order valence-electron chi connectivity index (χ1n) is 4.45. The van der Waals surface area contributed by atoms with Gasteiger partial charge in [0.1, 0.15) is 5.92 Å². The molecule has 0 spiro atoms. The predicted octanol–water partition coefficient (Wildman–Crippen LogP) is 2.40. The van der Waals surface area contributed by atoms with Crippen LogP contribution in [0.15, 0.2) is 17.1 Å². The summed E-state index contributed by atoms with van der Waals surface area (Å²) in [7, 11) is 0. The molecule has 0 amide bonds. The Hall–Kier alpha value is -1.03. The van der Waals surface area contributed by atoms with E-state index in [1.807, 2.05) is 18.4 Å². The zero-order chi connectivity index (χ0) is 8.65. The molecule has 1 nitrogen and oxygen atoms in total. The van der Waals surface area contributed by atoms with Crippen LogP contribution in [0.2, 0.25) is 0 Å². The molecule has 0 aromatic carbocycles. The molecule has 1 aliphatic rings. The lowest BCUT2D eigenvalue weighted by Gasteiger charge is -1.99. The molecule has 1 rings (SSSR count). The van der Waals surface area contributed by atoms with Gasteiger partial charge in [0, 0.05) is 12.6 Å².